The number of carbonyl (C=O) groups excluding carboxylic acids is 3. The van der Waals surface area contributed by atoms with Crippen LogP contribution in [0.3, 0.4) is 0 Å². The molecule has 0 aromatic carbocycles. The molecule has 15 heteroatoms. The van der Waals surface area contributed by atoms with Crippen LogP contribution < -0.4 is 10.2 Å². The summed E-state index contributed by atoms with van der Waals surface area (Å²) < 4.78 is 21.1. The molecule has 1 aliphatic rings. The second kappa shape index (κ2) is 10.0. The van der Waals surface area contributed by atoms with Gasteiger partial charge < -0.3 is 24.6 Å². The summed E-state index contributed by atoms with van der Waals surface area (Å²) in [5, 5.41) is 14.0. The Morgan fingerprint density at radius 3 is 2.62 bits per heavy atom. The number of carbonyl (C=O) groups is 3. The third-order valence-corrected chi connectivity index (χ3v) is 6.49. The van der Waals surface area contributed by atoms with E-state index in [-0.39, 0.29) is 41.2 Å². The molecule has 202 valence electrons. The minimum Gasteiger partial charge on any atom is -0.360 e. The van der Waals surface area contributed by atoms with Gasteiger partial charge in [0.05, 0.1) is 40.6 Å². The minimum absolute atomic E-state index is 0.0519. The van der Waals surface area contributed by atoms with Crippen molar-refractivity contribution in [3.63, 3.8) is 0 Å². The van der Waals surface area contributed by atoms with Gasteiger partial charge >= 0.3 is 0 Å². The lowest BCUT2D eigenvalue weighted by Crippen LogP contribution is -2.51. The Morgan fingerprint density at radius 1 is 1.07 bits per heavy atom. The maximum atomic E-state index is 14.8. The molecular formula is C25H21FN10O4. The van der Waals surface area contributed by atoms with Gasteiger partial charge in [-0.3, -0.25) is 14.4 Å². The molecule has 0 atom stereocenters. The normalized spacial score (nSPS) is 13.6. The van der Waals surface area contributed by atoms with E-state index in [0.717, 1.165) is 6.20 Å². The molecule has 40 heavy (non-hydrogen) atoms. The number of amides is 2. The van der Waals surface area contributed by atoms with Crippen LogP contribution in [-0.2, 0) is 4.79 Å². The monoisotopic (exact) mass is 544 g/mol. The zero-order valence-corrected chi connectivity index (χ0v) is 21.0. The average Bonchev–Trinajstić information content (AvgIpc) is 3.75. The fourth-order valence-electron chi connectivity index (χ4n) is 4.58. The zero-order chi connectivity index (χ0) is 27.8. The fourth-order valence-corrected chi connectivity index (χ4v) is 4.58. The van der Waals surface area contributed by atoms with Crippen molar-refractivity contribution in [1.82, 2.24) is 40.0 Å². The third kappa shape index (κ3) is 4.42. The highest BCUT2D eigenvalue weighted by atomic mass is 19.1. The first-order chi connectivity index (χ1) is 19.4. The molecular weight excluding hydrogens is 523 g/mol. The lowest BCUT2D eigenvalue weighted by molar-refractivity contribution is -0.126. The summed E-state index contributed by atoms with van der Waals surface area (Å²) in [4.78, 5) is 53.8. The standard InChI is InChI=1S/C25H21FN10O4/c1-14-11-18(32-40-14)31-24(38)15-3-2-4-27-22(15)34-7-9-35(10-8-34)25(39)21(37)16-12-28-20-19(16)17(26)13-29-23(20)36-6-5-30-33-36/h2-6,11-13,28H,7-10H2,1H3,(H,31,32,38). The second-order valence-corrected chi connectivity index (χ2v) is 8.99. The van der Waals surface area contributed by atoms with Crippen molar-refractivity contribution >= 4 is 40.1 Å². The molecule has 0 unspecified atom stereocenters. The van der Waals surface area contributed by atoms with Gasteiger partial charge in [0, 0.05) is 44.6 Å². The summed E-state index contributed by atoms with van der Waals surface area (Å²) in [6.07, 6.45) is 6.80. The number of anilines is 2. The van der Waals surface area contributed by atoms with Crippen molar-refractivity contribution in [2.24, 2.45) is 0 Å². The number of nitrogens with one attached hydrogen (secondary N) is 2. The highest BCUT2D eigenvalue weighted by Crippen LogP contribution is 2.27. The number of piperazine rings is 1. The number of nitrogens with zero attached hydrogens (tertiary/aromatic N) is 8. The van der Waals surface area contributed by atoms with Gasteiger partial charge in [-0.15, -0.1) is 5.10 Å². The number of rotatable bonds is 6. The van der Waals surface area contributed by atoms with Crippen LogP contribution in [-0.4, -0.2) is 83.8 Å². The van der Waals surface area contributed by atoms with Crippen LogP contribution in [0, 0.1) is 12.7 Å². The molecule has 0 bridgehead atoms. The number of hydrogen-bond acceptors (Lipinski definition) is 10. The smallest absolute Gasteiger partial charge is 0.295 e. The van der Waals surface area contributed by atoms with Crippen LogP contribution in [0.2, 0.25) is 0 Å². The Balaban J connectivity index is 1.17. The number of hydrogen-bond donors (Lipinski definition) is 2. The Hall–Kier alpha value is -5.47. The number of aromatic amines is 1. The van der Waals surface area contributed by atoms with Crippen molar-refractivity contribution < 1.29 is 23.3 Å². The Kier molecular flexibility index (Phi) is 6.22. The lowest BCUT2D eigenvalue weighted by atomic mass is 10.1. The number of fused-ring (bicyclic) bond motifs is 1. The molecule has 1 aliphatic heterocycles. The van der Waals surface area contributed by atoms with Gasteiger partial charge in [-0.05, 0) is 19.1 Å². The van der Waals surface area contributed by atoms with Gasteiger partial charge in [-0.2, -0.15) is 0 Å². The predicted octanol–water partition coefficient (Wildman–Crippen LogP) is 1.76. The molecule has 0 saturated carbocycles. The molecule has 6 heterocycles. The molecule has 1 saturated heterocycles. The topological polar surface area (TPSA) is 168 Å². The number of Topliss-reactive ketones (excluding diaryl/α,β-unsaturated/α-hetero) is 1. The van der Waals surface area contributed by atoms with Crippen LogP contribution in [0.1, 0.15) is 26.5 Å². The maximum Gasteiger partial charge on any atom is 0.295 e. The number of ketones is 1. The molecule has 1 fully saturated rings. The Labute approximate surface area is 224 Å². The number of H-pyrrole nitrogens is 1. The van der Waals surface area contributed by atoms with Crippen LogP contribution >= 0.6 is 0 Å². The van der Waals surface area contributed by atoms with Crippen molar-refractivity contribution in [3.8, 4) is 5.82 Å². The quantitative estimate of drug-likeness (QED) is 0.237. The molecule has 14 nitrogen and oxygen atoms in total. The van der Waals surface area contributed by atoms with Crippen molar-refractivity contribution in [2.45, 2.75) is 6.92 Å². The number of aromatic nitrogens is 7. The Morgan fingerprint density at radius 2 is 1.90 bits per heavy atom. The van der Waals surface area contributed by atoms with Gasteiger partial charge in [0.1, 0.15) is 11.6 Å². The van der Waals surface area contributed by atoms with Gasteiger partial charge in [0.25, 0.3) is 17.6 Å². The molecule has 0 spiro atoms. The van der Waals surface area contributed by atoms with E-state index in [0.29, 0.717) is 30.2 Å². The number of pyridine rings is 2. The minimum atomic E-state index is -0.852. The largest absolute Gasteiger partial charge is 0.360 e. The molecule has 2 N–H and O–H groups in total. The summed E-state index contributed by atoms with van der Waals surface area (Å²) in [7, 11) is 0. The van der Waals surface area contributed by atoms with Crippen molar-refractivity contribution in [2.75, 3.05) is 36.4 Å². The molecule has 5 aromatic rings. The van der Waals surface area contributed by atoms with E-state index in [9.17, 15) is 18.8 Å². The number of halogens is 1. The first kappa shape index (κ1) is 24.8. The second-order valence-electron chi connectivity index (χ2n) is 8.99. The summed E-state index contributed by atoms with van der Waals surface area (Å²) in [6.45, 7) is 2.75. The highest BCUT2D eigenvalue weighted by molar-refractivity contribution is 6.45. The van der Waals surface area contributed by atoms with E-state index in [1.165, 1.54) is 28.2 Å². The van der Waals surface area contributed by atoms with E-state index in [1.807, 2.05) is 4.90 Å². The number of aryl methyl sites for hydroxylation is 1. The molecule has 6 rings (SSSR count). The van der Waals surface area contributed by atoms with Crippen molar-refractivity contribution in [1.29, 1.82) is 0 Å². The summed E-state index contributed by atoms with van der Waals surface area (Å²) in [5.74, 6) is -1.26. The van der Waals surface area contributed by atoms with Crippen LogP contribution in [0.5, 0.6) is 0 Å². The van der Waals surface area contributed by atoms with Gasteiger partial charge in [0.15, 0.2) is 17.5 Å². The summed E-state index contributed by atoms with van der Waals surface area (Å²) >= 11 is 0. The maximum absolute atomic E-state index is 14.8. The lowest BCUT2D eigenvalue weighted by Gasteiger charge is -2.35. The molecule has 2 amide bonds. The van der Waals surface area contributed by atoms with E-state index in [4.69, 9.17) is 4.52 Å². The van der Waals surface area contributed by atoms with Crippen LogP contribution in [0.15, 0.2) is 53.7 Å². The Bertz CT molecular complexity index is 1740. The molecule has 0 radical (unpaired) electrons. The van der Waals surface area contributed by atoms with Gasteiger partial charge in [0.2, 0.25) is 0 Å². The predicted molar refractivity (Wildman–Crippen MR) is 138 cm³/mol. The van der Waals surface area contributed by atoms with E-state index < -0.39 is 23.4 Å². The highest BCUT2D eigenvalue weighted by Gasteiger charge is 2.31. The zero-order valence-electron chi connectivity index (χ0n) is 21.0. The van der Waals surface area contributed by atoms with E-state index in [1.54, 1.807) is 31.3 Å². The molecule has 5 aromatic heterocycles. The van der Waals surface area contributed by atoms with E-state index >= 15 is 0 Å². The van der Waals surface area contributed by atoms with Crippen LogP contribution in [0.4, 0.5) is 16.0 Å². The summed E-state index contributed by atoms with van der Waals surface area (Å²) in [6, 6.07) is 4.88. The summed E-state index contributed by atoms with van der Waals surface area (Å²) in [5.41, 5.74) is 0.439. The first-order valence-corrected chi connectivity index (χ1v) is 12.2. The van der Waals surface area contributed by atoms with Crippen molar-refractivity contribution in [3.05, 3.63) is 71.9 Å². The van der Waals surface area contributed by atoms with Crippen LogP contribution in [0.25, 0.3) is 16.7 Å². The average molecular weight is 545 g/mol. The van der Waals surface area contributed by atoms with E-state index in [2.05, 4.69) is 35.7 Å². The SMILES string of the molecule is Cc1cc(NC(=O)c2cccnc2N2CCN(C(=O)C(=O)c3c[nH]c4c(-n5ccnn5)ncc(F)c34)CC2)no1. The first-order valence-electron chi connectivity index (χ1n) is 12.2. The third-order valence-electron chi connectivity index (χ3n) is 6.49. The fraction of sp³-hybridized carbons (Fsp3) is 0.200. The van der Waals surface area contributed by atoms with Gasteiger partial charge in [-0.1, -0.05) is 10.4 Å². The molecule has 0 aliphatic carbocycles. The van der Waals surface area contributed by atoms with Gasteiger partial charge in [-0.25, -0.2) is 19.0 Å².